The van der Waals surface area contributed by atoms with E-state index < -0.39 is 0 Å². The fourth-order valence-corrected chi connectivity index (χ4v) is 2.37. The van der Waals surface area contributed by atoms with Gasteiger partial charge in [-0.05, 0) is 12.3 Å². The quantitative estimate of drug-likeness (QED) is 0.758. The maximum atomic E-state index is 8.94. The van der Waals surface area contributed by atoms with Crippen molar-refractivity contribution in [2.45, 2.75) is 45.1 Å². The van der Waals surface area contributed by atoms with Crippen LogP contribution in [0.1, 0.15) is 50.0 Å². The molecule has 0 radical (unpaired) electrons. The highest BCUT2D eigenvalue weighted by Crippen LogP contribution is 2.35. The Labute approximate surface area is 84.6 Å². The van der Waals surface area contributed by atoms with Crippen molar-refractivity contribution in [3.05, 3.63) is 17.7 Å². The smallest absolute Gasteiger partial charge is 0.109 e. The summed E-state index contributed by atoms with van der Waals surface area (Å²) in [5.41, 5.74) is 0.831. The third-order valence-corrected chi connectivity index (χ3v) is 3.28. The second kappa shape index (κ2) is 4.13. The van der Waals surface area contributed by atoms with E-state index in [-0.39, 0.29) is 6.61 Å². The summed E-state index contributed by atoms with van der Waals surface area (Å²) in [6.07, 6.45) is 6.95. The molecule has 3 heteroatoms. The molecule has 0 aliphatic heterocycles. The molecule has 0 amide bonds. The molecule has 1 aromatic rings. The first-order valence-electron chi connectivity index (χ1n) is 5.46. The summed E-state index contributed by atoms with van der Waals surface area (Å²) in [7, 11) is 0. The fraction of sp³-hybridized carbons (Fsp3) is 0.727. The topological polar surface area (TPSA) is 48.9 Å². The number of aliphatic hydroxyl groups excluding tert-OH is 1. The average Bonchev–Trinajstić information content (AvgIpc) is 2.67. The molecule has 14 heavy (non-hydrogen) atoms. The van der Waals surface area contributed by atoms with Gasteiger partial charge in [-0.25, -0.2) is 4.98 Å². The highest BCUT2D eigenvalue weighted by Gasteiger charge is 2.24. The minimum atomic E-state index is 0.0636. The predicted molar refractivity (Wildman–Crippen MR) is 54.9 cm³/mol. The van der Waals surface area contributed by atoms with Crippen LogP contribution in [0, 0.1) is 5.92 Å². The van der Waals surface area contributed by atoms with Gasteiger partial charge in [-0.15, -0.1) is 0 Å². The first-order valence-corrected chi connectivity index (χ1v) is 5.46. The zero-order chi connectivity index (χ0) is 9.97. The maximum Gasteiger partial charge on any atom is 0.109 e. The lowest BCUT2D eigenvalue weighted by Crippen LogP contribution is -2.16. The molecule has 78 valence electrons. The summed E-state index contributed by atoms with van der Waals surface area (Å²) in [4.78, 5) is 7.55. The van der Waals surface area contributed by atoms with E-state index in [4.69, 9.17) is 5.11 Å². The number of H-pyrrole nitrogens is 1. The van der Waals surface area contributed by atoms with Crippen LogP contribution in [0.4, 0.5) is 0 Å². The number of hydrogen-bond donors (Lipinski definition) is 2. The van der Waals surface area contributed by atoms with Crippen molar-refractivity contribution in [3.8, 4) is 0 Å². The zero-order valence-electron chi connectivity index (χ0n) is 8.66. The van der Waals surface area contributed by atoms with Crippen LogP contribution in [0.25, 0.3) is 0 Å². The van der Waals surface area contributed by atoms with Crippen LogP contribution in [-0.4, -0.2) is 15.1 Å². The van der Waals surface area contributed by atoms with Crippen LogP contribution in [0.2, 0.25) is 0 Å². The van der Waals surface area contributed by atoms with E-state index in [0.717, 1.165) is 17.4 Å². The van der Waals surface area contributed by atoms with Crippen LogP contribution in [-0.2, 0) is 6.61 Å². The van der Waals surface area contributed by atoms with E-state index in [9.17, 15) is 0 Å². The lowest BCUT2D eigenvalue weighted by atomic mass is 9.80. The third kappa shape index (κ3) is 1.82. The number of nitrogens with one attached hydrogen (secondary N) is 1. The van der Waals surface area contributed by atoms with Crippen LogP contribution in [0.15, 0.2) is 6.20 Å². The first kappa shape index (κ1) is 9.71. The molecule has 1 saturated carbocycles. The highest BCUT2D eigenvalue weighted by molar-refractivity contribution is 5.06. The van der Waals surface area contributed by atoms with Gasteiger partial charge in [-0.3, -0.25) is 0 Å². The van der Waals surface area contributed by atoms with Gasteiger partial charge in [0, 0.05) is 5.92 Å². The Morgan fingerprint density at radius 2 is 2.29 bits per heavy atom. The molecule has 2 atom stereocenters. The van der Waals surface area contributed by atoms with E-state index in [0.29, 0.717) is 5.92 Å². The molecular weight excluding hydrogens is 176 g/mol. The van der Waals surface area contributed by atoms with Gasteiger partial charge >= 0.3 is 0 Å². The van der Waals surface area contributed by atoms with Crippen molar-refractivity contribution in [2.24, 2.45) is 5.92 Å². The summed E-state index contributed by atoms with van der Waals surface area (Å²) in [5.74, 6) is 2.37. The highest BCUT2D eigenvalue weighted by atomic mass is 16.3. The van der Waals surface area contributed by atoms with E-state index in [1.54, 1.807) is 6.20 Å². The Kier molecular flexibility index (Phi) is 2.87. The van der Waals surface area contributed by atoms with Gasteiger partial charge in [-0.1, -0.05) is 26.2 Å². The first-order chi connectivity index (χ1) is 6.81. The Balaban J connectivity index is 2.12. The van der Waals surface area contributed by atoms with Crippen molar-refractivity contribution >= 4 is 0 Å². The van der Waals surface area contributed by atoms with Gasteiger partial charge in [0.25, 0.3) is 0 Å². The van der Waals surface area contributed by atoms with Gasteiger partial charge in [0.15, 0.2) is 0 Å². The number of nitrogens with zero attached hydrogens (tertiary/aromatic N) is 1. The SMILES string of the molecule is CC1CCCCC1c1ncc(CO)[nH]1. The van der Waals surface area contributed by atoms with Crippen LogP contribution >= 0.6 is 0 Å². The summed E-state index contributed by atoms with van der Waals surface area (Å²) in [6.45, 7) is 2.36. The molecule has 3 nitrogen and oxygen atoms in total. The standard InChI is InChI=1S/C11H18N2O/c1-8-4-2-3-5-10(8)11-12-6-9(7-14)13-11/h6,8,10,14H,2-5,7H2,1H3,(H,12,13). The fourth-order valence-electron chi connectivity index (χ4n) is 2.37. The van der Waals surface area contributed by atoms with Gasteiger partial charge in [0.2, 0.25) is 0 Å². The van der Waals surface area contributed by atoms with Gasteiger partial charge < -0.3 is 10.1 Å². The van der Waals surface area contributed by atoms with Crippen molar-refractivity contribution in [2.75, 3.05) is 0 Å². The molecule has 2 unspecified atom stereocenters. The molecule has 0 bridgehead atoms. The number of aromatic amines is 1. The van der Waals surface area contributed by atoms with Crippen LogP contribution in [0.5, 0.6) is 0 Å². The second-order valence-electron chi connectivity index (χ2n) is 4.32. The Bertz CT molecular complexity index is 295. The zero-order valence-corrected chi connectivity index (χ0v) is 8.66. The molecule has 0 saturated heterocycles. The molecule has 1 aromatic heterocycles. The van der Waals surface area contributed by atoms with E-state index in [2.05, 4.69) is 16.9 Å². The number of aliphatic hydroxyl groups is 1. The van der Waals surface area contributed by atoms with Crippen LogP contribution < -0.4 is 0 Å². The number of imidazole rings is 1. The average molecular weight is 194 g/mol. The molecule has 1 fully saturated rings. The van der Waals surface area contributed by atoms with E-state index in [1.165, 1.54) is 25.7 Å². The van der Waals surface area contributed by atoms with E-state index >= 15 is 0 Å². The Morgan fingerprint density at radius 3 is 2.93 bits per heavy atom. The summed E-state index contributed by atoms with van der Waals surface area (Å²) < 4.78 is 0. The maximum absolute atomic E-state index is 8.94. The second-order valence-corrected chi connectivity index (χ2v) is 4.32. The lowest BCUT2D eigenvalue weighted by Gasteiger charge is -2.26. The molecule has 1 heterocycles. The Morgan fingerprint density at radius 1 is 1.50 bits per heavy atom. The molecule has 2 rings (SSSR count). The molecular formula is C11H18N2O. The number of aromatic nitrogens is 2. The normalized spacial score (nSPS) is 27.9. The summed E-state index contributed by atoms with van der Waals surface area (Å²) in [6, 6.07) is 0. The third-order valence-electron chi connectivity index (χ3n) is 3.28. The van der Waals surface area contributed by atoms with Crippen molar-refractivity contribution in [3.63, 3.8) is 0 Å². The minimum absolute atomic E-state index is 0.0636. The van der Waals surface area contributed by atoms with Crippen LogP contribution in [0.3, 0.4) is 0 Å². The molecule has 1 aliphatic rings. The minimum Gasteiger partial charge on any atom is -0.390 e. The number of rotatable bonds is 2. The molecule has 0 aromatic carbocycles. The van der Waals surface area contributed by atoms with Gasteiger partial charge in [-0.2, -0.15) is 0 Å². The lowest BCUT2D eigenvalue weighted by molar-refractivity contribution is 0.276. The largest absolute Gasteiger partial charge is 0.390 e. The van der Waals surface area contributed by atoms with Crippen molar-refractivity contribution < 1.29 is 5.11 Å². The molecule has 0 spiro atoms. The van der Waals surface area contributed by atoms with Gasteiger partial charge in [0.1, 0.15) is 5.82 Å². The molecule has 2 N–H and O–H groups in total. The van der Waals surface area contributed by atoms with Crippen molar-refractivity contribution in [1.29, 1.82) is 0 Å². The number of hydrogen-bond acceptors (Lipinski definition) is 2. The monoisotopic (exact) mass is 194 g/mol. The summed E-state index contributed by atoms with van der Waals surface area (Å²) in [5, 5.41) is 8.94. The summed E-state index contributed by atoms with van der Waals surface area (Å²) >= 11 is 0. The predicted octanol–water partition coefficient (Wildman–Crippen LogP) is 2.20. The van der Waals surface area contributed by atoms with Crippen molar-refractivity contribution in [1.82, 2.24) is 9.97 Å². The Hall–Kier alpha value is -0.830. The van der Waals surface area contributed by atoms with E-state index in [1.807, 2.05) is 0 Å². The molecule has 1 aliphatic carbocycles. The van der Waals surface area contributed by atoms with Gasteiger partial charge in [0.05, 0.1) is 18.5 Å².